The highest BCUT2D eigenvalue weighted by Gasteiger charge is 2.21. The number of aryl methyl sites for hydroxylation is 1. The van der Waals surface area contributed by atoms with Crippen LogP contribution in [0.2, 0.25) is 0 Å². The van der Waals surface area contributed by atoms with Crippen molar-refractivity contribution in [2.45, 2.75) is 26.8 Å². The summed E-state index contributed by atoms with van der Waals surface area (Å²) in [5.74, 6) is 1.16. The normalized spacial score (nSPS) is 15.1. The lowest BCUT2D eigenvalue weighted by Gasteiger charge is -2.35. The lowest BCUT2D eigenvalue weighted by molar-refractivity contribution is -0.132. The van der Waals surface area contributed by atoms with Gasteiger partial charge in [-0.2, -0.15) is 0 Å². The minimum Gasteiger partial charge on any atom is -0.494 e. The molecule has 4 nitrogen and oxygen atoms in total. The molecule has 0 aromatic heterocycles. The van der Waals surface area contributed by atoms with Crippen molar-refractivity contribution >= 4 is 5.91 Å². The summed E-state index contributed by atoms with van der Waals surface area (Å²) in [4.78, 5) is 17.0. The molecule has 1 aliphatic heterocycles. The maximum absolute atomic E-state index is 12.6. The summed E-state index contributed by atoms with van der Waals surface area (Å²) in [5.41, 5.74) is 3.61. The van der Waals surface area contributed by atoms with Crippen LogP contribution < -0.4 is 4.74 Å². The molecule has 0 bridgehead atoms. The van der Waals surface area contributed by atoms with Gasteiger partial charge in [0.2, 0.25) is 5.91 Å². The molecular formula is C22H28N2O2. The number of ether oxygens (including phenoxy) is 1. The number of amides is 1. The molecule has 0 N–H and O–H groups in total. The molecule has 0 radical (unpaired) electrons. The van der Waals surface area contributed by atoms with Crippen molar-refractivity contribution in [3.8, 4) is 5.75 Å². The van der Waals surface area contributed by atoms with E-state index in [0.717, 1.165) is 44.0 Å². The van der Waals surface area contributed by atoms with Crippen LogP contribution in [0.3, 0.4) is 0 Å². The first-order valence-corrected chi connectivity index (χ1v) is 9.42. The molecule has 1 fully saturated rings. The fraction of sp³-hybridized carbons (Fsp3) is 0.409. The lowest BCUT2D eigenvalue weighted by atomic mass is 10.1. The van der Waals surface area contributed by atoms with Gasteiger partial charge in [-0.3, -0.25) is 9.69 Å². The highest BCUT2D eigenvalue weighted by Crippen LogP contribution is 2.15. The van der Waals surface area contributed by atoms with E-state index in [2.05, 4.69) is 36.1 Å². The number of carbonyl (C=O) groups excluding carboxylic acids is 1. The van der Waals surface area contributed by atoms with E-state index in [-0.39, 0.29) is 5.91 Å². The third-order valence-electron chi connectivity index (χ3n) is 4.97. The van der Waals surface area contributed by atoms with Crippen molar-refractivity contribution < 1.29 is 9.53 Å². The van der Waals surface area contributed by atoms with E-state index in [4.69, 9.17) is 4.74 Å². The summed E-state index contributed by atoms with van der Waals surface area (Å²) in [5, 5.41) is 0. The molecular weight excluding hydrogens is 324 g/mol. The van der Waals surface area contributed by atoms with Gasteiger partial charge in [0.15, 0.2) is 0 Å². The van der Waals surface area contributed by atoms with Crippen LogP contribution in [0.4, 0.5) is 0 Å². The second-order valence-electron chi connectivity index (χ2n) is 6.84. The van der Waals surface area contributed by atoms with Crippen LogP contribution in [0, 0.1) is 6.92 Å². The molecule has 1 saturated heterocycles. The molecule has 0 aliphatic carbocycles. The van der Waals surface area contributed by atoms with Crippen molar-refractivity contribution in [3.05, 3.63) is 65.2 Å². The SMILES string of the molecule is CCOc1ccc(CN2CCN(C(=O)Cc3ccccc3C)CC2)cc1. The minimum atomic E-state index is 0.236. The Morgan fingerprint density at radius 3 is 2.35 bits per heavy atom. The number of nitrogens with zero attached hydrogens (tertiary/aromatic N) is 2. The molecule has 0 saturated carbocycles. The van der Waals surface area contributed by atoms with Crippen LogP contribution in [0.1, 0.15) is 23.6 Å². The van der Waals surface area contributed by atoms with Gasteiger partial charge in [-0.25, -0.2) is 0 Å². The number of piperazine rings is 1. The van der Waals surface area contributed by atoms with Crippen molar-refractivity contribution in [3.63, 3.8) is 0 Å². The molecule has 4 heteroatoms. The Bertz CT molecular complexity index is 719. The van der Waals surface area contributed by atoms with Crippen LogP contribution in [-0.2, 0) is 17.8 Å². The highest BCUT2D eigenvalue weighted by molar-refractivity contribution is 5.79. The van der Waals surface area contributed by atoms with Gasteiger partial charge in [-0.15, -0.1) is 0 Å². The first-order valence-electron chi connectivity index (χ1n) is 9.42. The maximum atomic E-state index is 12.6. The lowest BCUT2D eigenvalue weighted by Crippen LogP contribution is -2.48. The monoisotopic (exact) mass is 352 g/mol. The molecule has 2 aromatic carbocycles. The number of hydrogen-bond donors (Lipinski definition) is 0. The Labute approximate surface area is 156 Å². The molecule has 1 amide bonds. The van der Waals surface area contributed by atoms with Gasteiger partial charge in [0.25, 0.3) is 0 Å². The highest BCUT2D eigenvalue weighted by atomic mass is 16.5. The fourth-order valence-electron chi connectivity index (χ4n) is 3.35. The Kier molecular flexibility index (Phi) is 6.29. The largest absolute Gasteiger partial charge is 0.494 e. The van der Waals surface area contributed by atoms with Crippen LogP contribution >= 0.6 is 0 Å². The smallest absolute Gasteiger partial charge is 0.227 e. The summed E-state index contributed by atoms with van der Waals surface area (Å²) < 4.78 is 5.49. The zero-order valence-corrected chi connectivity index (χ0v) is 15.8. The molecule has 0 spiro atoms. The number of rotatable bonds is 6. The van der Waals surface area contributed by atoms with Crippen LogP contribution in [0.5, 0.6) is 5.75 Å². The second kappa shape index (κ2) is 8.86. The summed E-state index contributed by atoms with van der Waals surface area (Å²) in [6, 6.07) is 16.4. The van der Waals surface area contributed by atoms with Crippen LogP contribution in [0.25, 0.3) is 0 Å². The predicted molar refractivity (Wildman–Crippen MR) is 104 cm³/mol. The fourth-order valence-corrected chi connectivity index (χ4v) is 3.35. The third kappa shape index (κ3) is 4.85. The van der Waals surface area contributed by atoms with Gasteiger partial charge in [0.05, 0.1) is 13.0 Å². The average molecular weight is 352 g/mol. The topological polar surface area (TPSA) is 32.8 Å². The van der Waals surface area contributed by atoms with Crippen molar-refractivity contribution in [2.75, 3.05) is 32.8 Å². The molecule has 138 valence electrons. The summed E-state index contributed by atoms with van der Waals surface area (Å²) in [6.07, 6.45) is 0.506. The predicted octanol–water partition coefficient (Wildman–Crippen LogP) is 3.28. The standard InChI is InChI=1S/C22H28N2O2/c1-3-26-21-10-8-19(9-11-21)17-23-12-14-24(15-13-23)22(25)16-20-7-5-4-6-18(20)2/h4-11H,3,12-17H2,1-2H3. The van der Waals surface area contributed by atoms with Crippen LogP contribution in [-0.4, -0.2) is 48.5 Å². The van der Waals surface area contributed by atoms with E-state index in [9.17, 15) is 4.79 Å². The molecule has 0 unspecified atom stereocenters. The third-order valence-corrected chi connectivity index (χ3v) is 4.97. The molecule has 1 aliphatic rings. The van der Waals surface area contributed by atoms with E-state index >= 15 is 0 Å². The number of carbonyl (C=O) groups is 1. The number of hydrogen-bond acceptors (Lipinski definition) is 3. The molecule has 1 heterocycles. The van der Waals surface area contributed by atoms with Crippen molar-refractivity contribution in [2.24, 2.45) is 0 Å². The maximum Gasteiger partial charge on any atom is 0.227 e. The first-order chi connectivity index (χ1) is 12.7. The van der Waals surface area contributed by atoms with Gasteiger partial charge in [0.1, 0.15) is 5.75 Å². The first kappa shape index (κ1) is 18.5. The second-order valence-corrected chi connectivity index (χ2v) is 6.84. The summed E-state index contributed by atoms with van der Waals surface area (Å²) >= 11 is 0. The van der Waals surface area contributed by atoms with Crippen LogP contribution in [0.15, 0.2) is 48.5 Å². The van der Waals surface area contributed by atoms with E-state index < -0.39 is 0 Å². The Hall–Kier alpha value is -2.33. The molecule has 26 heavy (non-hydrogen) atoms. The van der Waals surface area contributed by atoms with E-state index in [1.807, 2.05) is 36.1 Å². The number of benzene rings is 2. The summed E-state index contributed by atoms with van der Waals surface area (Å²) in [6.45, 7) is 9.14. The molecule has 0 atom stereocenters. The van der Waals surface area contributed by atoms with Crippen molar-refractivity contribution in [1.29, 1.82) is 0 Å². The van der Waals surface area contributed by atoms with Gasteiger partial charge in [0, 0.05) is 32.7 Å². The molecule has 2 aromatic rings. The van der Waals surface area contributed by atoms with E-state index in [1.54, 1.807) is 0 Å². The van der Waals surface area contributed by atoms with Gasteiger partial charge >= 0.3 is 0 Å². The Morgan fingerprint density at radius 1 is 1.00 bits per heavy atom. The average Bonchev–Trinajstić information content (AvgIpc) is 2.66. The Balaban J connectivity index is 1.47. The van der Waals surface area contributed by atoms with Gasteiger partial charge < -0.3 is 9.64 Å². The van der Waals surface area contributed by atoms with Crippen molar-refractivity contribution in [1.82, 2.24) is 9.80 Å². The quantitative estimate of drug-likeness (QED) is 0.800. The minimum absolute atomic E-state index is 0.236. The van der Waals surface area contributed by atoms with Gasteiger partial charge in [-0.1, -0.05) is 36.4 Å². The molecule has 3 rings (SSSR count). The van der Waals surface area contributed by atoms with Gasteiger partial charge in [-0.05, 0) is 42.7 Å². The zero-order valence-electron chi connectivity index (χ0n) is 15.8. The Morgan fingerprint density at radius 2 is 1.69 bits per heavy atom. The summed E-state index contributed by atoms with van der Waals surface area (Å²) in [7, 11) is 0. The van der Waals surface area contributed by atoms with E-state index in [1.165, 1.54) is 11.1 Å². The van der Waals surface area contributed by atoms with E-state index in [0.29, 0.717) is 13.0 Å². The zero-order chi connectivity index (χ0) is 18.4.